The maximum Gasteiger partial charge on any atom is 0.323 e. The molecule has 1 aromatic rings. The van der Waals surface area contributed by atoms with E-state index in [1.54, 1.807) is 31.5 Å². The number of hydrogen-bond acceptors (Lipinski definition) is 5. The third kappa shape index (κ3) is 5.17. The maximum atomic E-state index is 13.3. The topological polar surface area (TPSA) is 81.8 Å². The van der Waals surface area contributed by atoms with E-state index in [-0.39, 0.29) is 5.92 Å². The molecule has 1 unspecified atom stereocenters. The number of rotatable bonds is 7. The Bertz CT molecular complexity index is 718. The van der Waals surface area contributed by atoms with Crippen molar-refractivity contribution in [1.82, 2.24) is 0 Å². The minimum atomic E-state index is -2.67. The van der Waals surface area contributed by atoms with Crippen molar-refractivity contribution in [2.75, 3.05) is 13.7 Å². The summed E-state index contributed by atoms with van der Waals surface area (Å²) in [4.78, 5) is 12.9. The Balaban J connectivity index is 2.31. The van der Waals surface area contributed by atoms with Crippen molar-refractivity contribution >= 4 is 15.7 Å². The number of ether oxygens (including phenoxy) is 1. The van der Waals surface area contributed by atoms with Crippen LogP contribution in [-0.2, 0) is 19.3 Å². The molecule has 0 spiro atoms. The lowest BCUT2D eigenvalue weighted by Crippen LogP contribution is -2.42. The monoisotopic (exact) mass is 378 g/mol. The molecule has 0 amide bonds. The standard InChI is InChI=1S/C20H30N2O3S/c1-3-25-20(23)19(21)18(16-10-6-4-7-11-16)14-15-26(24,22-2)17-12-8-5-9-13-17/h5,8-9,12-16,18-19H,3-4,6-7,10-11,21H2,1-2H3/b15-14+/t18-,19-,26?/m0/s1. The van der Waals surface area contributed by atoms with Gasteiger partial charge in [0.1, 0.15) is 6.04 Å². The first kappa shape index (κ1) is 20.6. The van der Waals surface area contributed by atoms with Crippen LogP contribution in [0, 0.1) is 11.8 Å². The van der Waals surface area contributed by atoms with E-state index in [9.17, 15) is 9.00 Å². The Morgan fingerprint density at radius 1 is 1.31 bits per heavy atom. The van der Waals surface area contributed by atoms with E-state index in [0.717, 1.165) is 25.7 Å². The van der Waals surface area contributed by atoms with Crippen LogP contribution >= 0.6 is 0 Å². The van der Waals surface area contributed by atoms with Crippen LogP contribution in [0.2, 0.25) is 0 Å². The summed E-state index contributed by atoms with van der Waals surface area (Å²) in [5.41, 5.74) is 6.24. The van der Waals surface area contributed by atoms with Gasteiger partial charge in [-0.25, -0.2) is 8.57 Å². The highest BCUT2D eigenvalue weighted by Crippen LogP contribution is 2.33. The van der Waals surface area contributed by atoms with Gasteiger partial charge in [0.15, 0.2) is 0 Å². The van der Waals surface area contributed by atoms with Gasteiger partial charge in [-0.15, -0.1) is 0 Å². The molecule has 1 aromatic carbocycles. The summed E-state index contributed by atoms with van der Waals surface area (Å²) in [5.74, 6) is -0.288. The van der Waals surface area contributed by atoms with E-state index in [0.29, 0.717) is 17.4 Å². The molecule has 0 aromatic heterocycles. The molecule has 0 heterocycles. The van der Waals surface area contributed by atoms with Crippen molar-refractivity contribution in [1.29, 1.82) is 0 Å². The second kappa shape index (κ2) is 9.88. The summed E-state index contributed by atoms with van der Waals surface area (Å²) in [5, 5.41) is 1.64. The number of benzene rings is 1. The predicted molar refractivity (Wildman–Crippen MR) is 105 cm³/mol. The summed E-state index contributed by atoms with van der Waals surface area (Å²) < 4.78 is 22.5. The van der Waals surface area contributed by atoms with Crippen molar-refractivity contribution in [3.8, 4) is 0 Å². The normalized spacial score (nSPS) is 20.3. The van der Waals surface area contributed by atoms with Crippen LogP contribution in [0.25, 0.3) is 0 Å². The highest BCUT2D eigenvalue weighted by atomic mass is 32.2. The Kier molecular flexibility index (Phi) is 7.85. The lowest BCUT2D eigenvalue weighted by molar-refractivity contribution is -0.146. The zero-order valence-corrected chi connectivity index (χ0v) is 16.5. The summed E-state index contributed by atoms with van der Waals surface area (Å²) in [6.07, 6.45) is 7.38. The Morgan fingerprint density at radius 3 is 2.54 bits per heavy atom. The number of nitrogens with two attached hydrogens (primary N) is 1. The first-order valence-corrected chi connectivity index (χ1v) is 10.9. The largest absolute Gasteiger partial charge is 0.465 e. The van der Waals surface area contributed by atoms with Crippen molar-refractivity contribution in [2.45, 2.75) is 50.0 Å². The van der Waals surface area contributed by atoms with E-state index >= 15 is 0 Å². The van der Waals surface area contributed by atoms with Crippen LogP contribution in [0.15, 0.2) is 51.1 Å². The average molecular weight is 379 g/mol. The molecule has 1 saturated carbocycles. The molecule has 3 atom stereocenters. The molecule has 2 rings (SSSR count). The quantitative estimate of drug-likeness (QED) is 0.733. The van der Waals surface area contributed by atoms with Crippen LogP contribution in [0.5, 0.6) is 0 Å². The highest BCUT2D eigenvalue weighted by molar-refractivity contribution is 7.96. The van der Waals surface area contributed by atoms with Crippen molar-refractivity contribution in [3.05, 3.63) is 41.8 Å². The van der Waals surface area contributed by atoms with Gasteiger partial charge in [-0.2, -0.15) is 0 Å². The molecule has 6 heteroatoms. The van der Waals surface area contributed by atoms with E-state index in [4.69, 9.17) is 10.5 Å². The fraction of sp³-hybridized carbons (Fsp3) is 0.550. The number of hydrogen-bond donors (Lipinski definition) is 1. The first-order chi connectivity index (χ1) is 12.5. The number of carbonyl (C=O) groups is 1. The molecule has 0 saturated heterocycles. The predicted octanol–water partition coefficient (Wildman–Crippen LogP) is 3.74. The Hall–Kier alpha value is -1.66. The maximum absolute atomic E-state index is 13.3. The molecule has 144 valence electrons. The molecule has 0 radical (unpaired) electrons. The lowest BCUT2D eigenvalue weighted by atomic mass is 9.77. The molecule has 0 aliphatic heterocycles. The van der Waals surface area contributed by atoms with E-state index in [1.807, 2.05) is 24.3 Å². The molecule has 1 aliphatic carbocycles. The van der Waals surface area contributed by atoms with Crippen molar-refractivity contribution < 1.29 is 13.7 Å². The van der Waals surface area contributed by atoms with Crippen LogP contribution in [-0.4, -0.2) is 29.9 Å². The summed E-state index contributed by atoms with van der Waals surface area (Å²) in [6.45, 7) is 2.08. The highest BCUT2D eigenvalue weighted by Gasteiger charge is 2.32. The SMILES string of the molecule is CCOC(=O)[C@@H](N)[C@@H](/C=C/S(=O)(=NC)c1ccccc1)C1CCCCC1. The van der Waals surface area contributed by atoms with Gasteiger partial charge in [-0.3, -0.25) is 4.79 Å². The van der Waals surface area contributed by atoms with Gasteiger partial charge < -0.3 is 10.5 Å². The van der Waals surface area contributed by atoms with Crippen molar-refractivity contribution in [3.63, 3.8) is 0 Å². The fourth-order valence-electron chi connectivity index (χ4n) is 3.54. The van der Waals surface area contributed by atoms with Gasteiger partial charge in [0, 0.05) is 18.4 Å². The molecule has 0 bridgehead atoms. The van der Waals surface area contributed by atoms with Crippen molar-refractivity contribution in [2.24, 2.45) is 21.9 Å². The van der Waals surface area contributed by atoms with Gasteiger partial charge in [0.2, 0.25) is 0 Å². The number of carbonyl (C=O) groups excluding carboxylic acids is 1. The smallest absolute Gasteiger partial charge is 0.323 e. The Morgan fingerprint density at radius 2 is 1.96 bits per heavy atom. The zero-order chi connectivity index (χ0) is 19.0. The van der Waals surface area contributed by atoms with Gasteiger partial charge >= 0.3 is 5.97 Å². The Labute approximate surface area is 157 Å². The second-order valence-corrected chi connectivity index (χ2v) is 8.89. The minimum absolute atomic E-state index is 0.194. The first-order valence-electron chi connectivity index (χ1n) is 9.32. The van der Waals surface area contributed by atoms with E-state index < -0.39 is 21.7 Å². The van der Waals surface area contributed by atoms with Crippen LogP contribution in [0.4, 0.5) is 0 Å². The van der Waals surface area contributed by atoms with Gasteiger partial charge in [-0.05, 0) is 37.8 Å². The molecule has 1 aliphatic rings. The van der Waals surface area contributed by atoms with Gasteiger partial charge in [0.05, 0.1) is 21.2 Å². The molecular formula is C20H30N2O3S. The number of nitrogens with zero attached hydrogens (tertiary/aromatic N) is 1. The molecular weight excluding hydrogens is 348 g/mol. The lowest BCUT2D eigenvalue weighted by Gasteiger charge is -2.31. The fourth-order valence-corrected chi connectivity index (χ4v) is 4.97. The number of esters is 1. The molecule has 1 fully saturated rings. The van der Waals surface area contributed by atoms with E-state index in [2.05, 4.69) is 4.36 Å². The van der Waals surface area contributed by atoms with Gasteiger partial charge in [-0.1, -0.05) is 43.5 Å². The van der Waals surface area contributed by atoms with Crippen LogP contribution in [0.1, 0.15) is 39.0 Å². The van der Waals surface area contributed by atoms with Crippen LogP contribution in [0.3, 0.4) is 0 Å². The second-order valence-electron chi connectivity index (χ2n) is 6.65. The van der Waals surface area contributed by atoms with E-state index in [1.165, 1.54) is 6.42 Å². The van der Waals surface area contributed by atoms with Crippen LogP contribution < -0.4 is 5.73 Å². The molecule has 26 heavy (non-hydrogen) atoms. The summed E-state index contributed by atoms with van der Waals surface area (Å²) in [6, 6.07) is 8.44. The third-order valence-corrected chi connectivity index (χ3v) is 7.02. The molecule has 5 nitrogen and oxygen atoms in total. The molecule has 2 N–H and O–H groups in total. The summed E-state index contributed by atoms with van der Waals surface area (Å²) in [7, 11) is -1.12. The zero-order valence-electron chi connectivity index (χ0n) is 15.7. The minimum Gasteiger partial charge on any atom is -0.465 e. The summed E-state index contributed by atoms with van der Waals surface area (Å²) >= 11 is 0. The van der Waals surface area contributed by atoms with Gasteiger partial charge in [0.25, 0.3) is 0 Å². The third-order valence-electron chi connectivity index (χ3n) is 5.00. The average Bonchev–Trinajstić information content (AvgIpc) is 2.69.